The molecule has 1 fully saturated rings. The van der Waals surface area contributed by atoms with Crippen molar-refractivity contribution in [1.29, 1.82) is 0 Å². The predicted molar refractivity (Wildman–Crippen MR) is 173 cm³/mol. The zero-order chi connectivity index (χ0) is 30.5. The Morgan fingerprint density at radius 1 is 1.02 bits per heavy atom. The second kappa shape index (κ2) is 13.5. The van der Waals surface area contributed by atoms with E-state index in [1.807, 2.05) is 31.2 Å². The van der Waals surface area contributed by atoms with Crippen LogP contribution in [0.4, 0.5) is 10.5 Å². The van der Waals surface area contributed by atoms with Gasteiger partial charge in [0.1, 0.15) is 18.9 Å². The summed E-state index contributed by atoms with van der Waals surface area (Å²) in [6, 6.07) is 22.5. The highest BCUT2D eigenvalue weighted by atomic mass is 79.9. The molecule has 5 rings (SSSR count). The number of fused-ring (bicyclic) bond motifs is 1. The molecule has 8 nitrogen and oxygen atoms in total. The Morgan fingerprint density at radius 2 is 1.81 bits per heavy atom. The number of nitrogens with zero attached hydrogens (tertiary/aromatic N) is 1. The van der Waals surface area contributed by atoms with Crippen LogP contribution in [0.1, 0.15) is 18.1 Å². The molecule has 0 atom stereocenters. The molecular weight excluding hydrogens is 656 g/mol. The molecule has 220 valence electrons. The van der Waals surface area contributed by atoms with E-state index in [4.69, 9.17) is 25.8 Å². The first-order valence-electron chi connectivity index (χ1n) is 13.2. The van der Waals surface area contributed by atoms with Crippen LogP contribution in [0.2, 0.25) is 5.02 Å². The number of carbonyl (C=O) groups excluding carboxylic acids is 3. The van der Waals surface area contributed by atoms with Crippen molar-refractivity contribution in [2.24, 2.45) is 0 Å². The lowest BCUT2D eigenvalue weighted by atomic mass is 10.1. The van der Waals surface area contributed by atoms with Crippen molar-refractivity contribution in [3.05, 3.63) is 98.3 Å². The second-order valence-corrected chi connectivity index (χ2v) is 11.6. The molecule has 3 amide bonds. The Bertz CT molecular complexity index is 1760. The highest BCUT2D eigenvalue weighted by molar-refractivity contribution is 9.10. The standard InChI is InChI=1S/C32H26BrClN2O6S/c1-3-41-27-14-19(13-24(33)30(27)42-18-21-9-6-8-20-7-4-5-10-23(20)21)15-28-31(38)36(32(39)43-28)17-29(37)35-22-11-12-26(40-2)25(34)16-22/h4-16H,3,17-18H2,1-2H3,(H,35,37)/b28-15+. The number of hydrogen-bond donors (Lipinski definition) is 1. The van der Waals surface area contributed by atoms with E-state index in [1.165, 1.54) is 13.2 Å². The van der Waals surface area contributed by atoms with Crippen LogP contribution in [0, 0.1) is 0 Å². The largest absolute Gasteiger partial charge is 0.495 e. The molecule has 11 heteroatoms. The van der Waals surface area contributed by atoms with Gasteiger partial charge in [0.05, 0.1) is 28.1 Å². The fraction of sp³-hybridized carbons (Fsp3) is 0.156. The molecule has 0 radical (unpaired) electrons. The van der Waals surface area contributed by atoms with Crippen molar-refractivity contribution in [1.82, 2.24) is 4.90 Å². The van der Waals surface area contributed by atoms with Gasteiger partial charge in [0.25, 0.3) is 11.1 Å². The van der Waals surface area contributed by atoms with Crippen LogP contribution in [0.3, 0.4) is 0 Å². The van der Waals surface area contributed by atoms with Crippen LogP contribution in [-0.4, -0.2) is 42.2 Å². The summed E-state index contributed by atoms with van der Waals surface area (Å²) in [5.74, 6) is 0.358. The Kier molecular flexibility index (Phi) is 9.59. The van der Waals surface area contributed by atoms with Crippen molar-refractivity contribution < 1.29 is 28.6 Å². The third-order valence-electron chi connectivity index (χ3n) is 6.49. The summed E-state index contributed by atoms with van der Waals surface area (Å²) in [6.07, 6.45) is 1.59. The zero-order valence-electron chi connectivity index (χ0n) is 23.2. The fourth-order valence-electron chi connectivity index (χ4n) is 4.52. The molecule has 0 saturated carbocycles. The van der Waals surface area contributed by atoms with E-state index in [2.05, 4.69) is 39.4 Å². The average Bonchev–Trinajstić information content (AvgIpc) is 3.24. The number of anilines is 1. The van der Waals surface area contributed by atoms with E-state index in [0.717, 1.165) is 33.0 Å². The number of carbonyl (C=O) groups is 3. The maximum absolute atomic E-state index is 13.1. The van der Waals surface area contributed by atoms with Crippen LogP contribution >= 0.6 is 39.3 Å². The van der Waals surface area contributed by atoms with Crippen LogP contribution < -0.4 is 19.5 Å². The van der Waals surface area contributed by atoms with E-state index in [0.29, 0.717) is 51.2 Å². The first-order chi connectivity index (χ1) is 20.8. The Morgan fingerprint density at radius 3 is 2.58 bits per heavy atom. The maximum atomic E-state index is 13.1. The molecule has 1 N–H and O–H groups in total. The quantitative estimate of drug-likeness (QED) is 0.170. The van der Waals surface area contributed by atoms with Crippen LogP contribution in [0.25, 0.3) is 16.8 Å². The normalized spacial score (nSPS) is 14.0. The van der Waals surface area contributed by atoms with Crippen molar-refractivity contribution in [2.45, 2.75) is 13.5 Å². The zero-order valence-corrected chi connectivity index (χ0v) is 26.3. The number of thioether (sulfide) groups is 1. The van der Waals surface area contributed by atoms with Crippen molar-refractivity contribution in [3.8, 4) is 17.2 Å². The van der Waals surface area contributed by atoms with Crippen molar-refractivity contribution in [3.63, 3.8) is 0 Å². The summed E-state index contributed by atoms with van der Waals surface area (Å²) in [4.78, 5) is 39.5. The molecule has 43 heavy (non-hydrogen) atoms. The molecule has 1 heterocycles. The molecule has 0 unspecified atom stereocenters. The third kappa shape index (κ3) is 6.98. The lowest BCUT2D eigenvalue weighted by molar-refractivity contribution is -0.127. The van der Waals surface area contributed by atoms with Gasteiger partial charge in [-0.1, -0.05) is 54.1 Å². The monoisotopic (exact) mass is 680 g/mol. The minimum Gasteiger partial charge on any atom is -0.495 e. The van der Waals surface area contributed by atoms with E-state index in [9.17, 15) is 14.4 Å². The highest BCUT2D eigenvalue weighted by Gasteiger charge is 2.36. The molecule has 4 aromatic carbocycles. The number of ether oxygens (including phenoxy) is 3. The number of methoxy groups -OCH3 is 1. The molecule has 0 aliphatic carbocycles. The number of benzene rings is 4. The van der Waals surface area contributed by atoms with E-state index >= 15 is 0 Å². The van der Waals surface area contributed by atoms with Crippen LogP contribution in [0.5, 0.6) is 17.2 Å². The lowest BCUT2D eigenvalue weighted by Crippen LogP contribution is -2.36. The smallest absolute Gasteiger partial charge is 0.294 e. The van der Waals surface area contributed by atoms with Gasteiger partial charge in [-0.25, -0.2) is 0 Å². The number of imide groups is 1. The van der Waals surface area contributed by atoms with Crippen LogP contribution in [-0.2, 0) is 16.2 Å². The van der Waals surface area contributed by atoms with E-state index in [-0.39, 0.29) is 4.91 Å². The van der Waals surface area contributed by atoms with Gasteiger partial charge in [-0.3, -0.25) is 19.3 Å². The van der Waals surface area contributed by atoms with Gasteiger partial charge in [0.2, 0.25) is 5.91 Å². The summed E-state index contributed by atoms with van der Waals surface area (Å²) in [5, 5.41) is 4.65. The van der Waals surface area contributed by atoms with Gasteiger partial charge < -0.3 is 19.5 Å². The predicted octanol–water partition coefficient (Wildman–Crippen LogP) is 7.92. The molecule has 1 aliphatic heterocycles. The van der Waals surface area contributed by atoms with Crippen molar-refractivity contribution in [2.75, 3.05) is 25.6 Å². The Hall–Kier alpha value is -3.99. The van der Waals surface area contributed by atoms with E-state index in [1.54, 1.807) is 30.3 Å². The van der Waals surface area contributed by atoms with Gasteiger partial charge in [0, 0.05) is 5.69 Å². The summed E-state index contributed by atoms with van der Waals surface area (Å²) < 4.78 is 17.8. The minimum atomic E-state index is -0.566. The molecule has 4 aromatic rings. The van der Waals surface area contributed by atoms with Gasteiger partial charge in [-0.15, -0.1) is 0 Å². The molecule has 0 spiro atoms. The molecule has 1 saturated heterocycles. The van der Waals surface area contributed by atoms with Gasteiger partial charge >= 0.3 is 0 Å². The van der Waals surface area contributed by atoms with E-state index < -0.39 is 23.6 Å². The molecular formula is C32H26BrClN2O6S. The topological polar surface area (TPSA) is 94.2 Å². The first-order valence-corrected chi connectivity index (χ1v) is 15.2. The number of nitrogens with one attached hydrogen (secondary N) is 1. The SMILES string of the molecule is CCOc1cc(/C=C2/SC(=O)N(CC(=O)Nc3ccc(OC)c(Cl)c3)C2=O)cc(Br)c1OCc1cccc2ccccc12. The highest BCUT2D eigenvalue weighted by Crippen LogP contribution is 2.40. The summed E-state index contributed by atoms with van der Waals surface area (Å²) in [6.45, 7) is 2.14. The van der Waals surface area contributed by atoms with Crippen LogP contribution in [0.15, 0.2) is 82.2 Å². The second-order valence-electron chi connectivity index (χ2n) is 9.36. The van der Waals surface area contributed by atoms with Crippen molar-refractivity contribution >= 4 is 78.9 Å². The Balaban J connectivity index is 1.31. The molecule has 1 aliphatic rings. The number of rotatable bonds is 10. The summed E-state index contributed by atoms with van der Waals surface area (Å²) in [5.41, 5.74) is 2.06. The summed E-state index contributed by atoms with van der Waals surface area (Å²) >= 11 is 10.5. The number of amides is 3. The number of halogens is 2. The minimum absolute atomic E-state index is 0.184. The number of hydrogen-bond acceptors (Lipinski definition) is 7. The lowest BCUT2D eigenvalue weighted by Gasteiger charge is -2.16. The van der Waals surface area contributed by atoms with Gasteiger partial charge in [0.15, 0.2) is 11.5 Å². The third-order valence-corrected chi connectivity index (χ3v) is 8.28. The first kappa shape index (κ1) is 30.5. The van der Waals surface area contributed by atoms with Gasteiger partial charge in [-0.2, -0.15) is 0 Å². The molecule has 0 aromatic heterocycles. The van der Waals surface area contributed by atoms with Gasteiger partial charge in [-0.05, 0) is 92.9 Å². The Labute approximate surface area is 266 Å². The average molecular weight is 682 g/mol. The summed E-state index contributed by atoms with van der Waals surface area (Å²) in [7, 11) is 1.48. The fourth-order valence-corrected chi connectivity index (χ4v) is 6.19. The molecule has 0 bridgehead atoms. The maximum Gasteiger partial charge on any atom is 0.294 e.